The third kappa shape index (κ3) is 4.68. The Kier molecular flexibility index (Phi) is 5.22. The number of anilines is 2. The lowest BCUT2D eigenvalue weighted by atomic mass is 9.87. The van der Waals surface area contributed by atoms with Gasteiger partial charge in [0.05, 0.1) is 6.10 Å². The molecule has 1 fully saturated rings. The topological polar surface area (TPSA) is 97.5 Å². The average Bonchev–Trinajstić information content (AvgIpc) is 3.04. The number of aliphatic imine (C=N–C) groups is 1. The van der Waals surface area contributed by atoms with Gasteiger partial charge >= 0.3 is 0 Å². The zero-order valence-electron chi connectivity index (χ0n) is 14.5. The largest absolute Gasteiger partial charge is 0.324 e. The van der Waals surface area contributed by atoms with Crippen LogP contribution in [0.4, 0.5) is 17.5 Å². The van der Waals surface area contributed by atoms with Gasteiger partial charge in [-0.05, 0) is 35.6 Å². The molecular formula is C17H22N6OS. The number of amidine groups is 1. The van der Waals surface area contributed by atoms with Crippen molar-refractivity contribution in [3.63, 3.8) is 0 Å². The van der Waals surface area contributed by atoms with Gasteiger partial charge in [-0.25, -0.2) is 9.98 Å². The van der Waals surface area contributed by atoms with Crippen molar-refractivity contribution in [3.8, 4) is 0 Å². The number of hydrogen-bond donors (Lipinski definition) is 3. The van der Waals surface area contributed by atoms with Crippen LogP contribution in [0, 0.1) is 5.41 Å². The minimum absolute atomic E-state index is 0.0503. The maximum absolute atomic E-state index is 5.60. The smallest absolute Gasteiger partial charge is 0.229 e. The number of nitrogens with two attached hydrogens (primary N) is 1. The molecule has 0 saturated carbocycles. The van der Waals surface area contributed by atoms with Crippen molar-refractivity contribution < 1.29 is 4.84 Å². The highest BCUT2D eigenvalue weighted by atomic mass is 32.2. The van der Waals surface area contributed by atoms with Gasteiger partial charge in [-0.1, -0.05) is 26.8 Å². The van der Waals surface area contributed by atoms with Crippen LogP contribution < -0.4 is 15.9 Å². The average molecular weight is 358 g/mol. The molecule has 2 heterocycles. The van der Waals surface area contributed by atoms with E-state index in [1.807, 2.05) is 24.3 Å². The van der Waals surface area contributed by atoms with E-state index in [4.69, 9.17) is 9.98 Å². The monoisotopic (exact) mass is 358 g/mol. The molecule has 25 heavy (non-hydrogen) atoms. The van der Waals surface area contributed by atoms with Crippen molar-refractivity contribution in [2.45, 2.75) is 38.2 Å². The first-order valence-electron chi connectivity index (χ1n) is 8.00. The molecule has 1 aromatic carbocycles. The van der Waals surface area contributed by atoms with Crippen LogP contribution in [0.2, 0.25) is 0 Å². The quantitative estimate of drug-likeness (QED) is 0.719. The van der Waals surface area contributed by atoms with Gasteiger partial charge < -0.3 is 5.32 Å². The van der Waals surface area contributed by atoms with E-state index >= 15 is 0 Å². The Labute approximate surface area is 151 Å². The third-order valence-corrected chi connectivity index (χ3v) is 4.31. The Hall–Kier alpha value is -2.16. The molecular weight excluding hydrogens is 336 g/mol. The molecule has 4 N–H and O–H groups in total. The van der Waals surface area contributed by atoms with Gasteiger partial charge in [0.15, 0.2) is 5.82 Å². The Bertz CT molecular complexity index is 774. The molecule has 3 rings (SSSR count). The number of nitrogens with one attached hydrogen (secondary N) is 2. The van der Waals surface area contributed by atoms with Crippen LogP contribution in [-0.4, -0.2) is 21.9 Å². The number of nitrogens with zero attached hydrogens (tertiary/aromatic N) is 3. The van der Waals surface area contributed by atoms with Crippen LogP contribution in [0.3, 0.4) is 0 Å². The van der Waals surface area contributed by atoms with Gasteiger partial charge in [0.25, 0.3) is 0 Å². The van der Waals surface area contributed by atoms with Gasteiger partial charge in [-0.3, -0.25) is 15.5 Å². The van der Waals surface area contributed by atoms with Crippen LogP contribution in [-0.2, 0) is 4.84 Å². The molecule has 1 atom stereocenters. The highest BCUT2D eigenvalue weighted by molar-refractivity contribution is 7.97. The summed E-state index contributed by atoms with van der Waals surface area (Å²) < 4.78 is 0. The molecule has 8 heteroatoms. The summed E-state index contributed by atoms with van der Waals surface area (Å²) >= 11 is 1.20. The van der Waals surface area contributed by atoms with Gasteiger partial charge in [-0.15, -0.1) is 0 Å². The number of hydroxylamine groups is 1. The van der Waals surface area contributed by atoms with E-state index in [0.29, 0.717) is 11.8 Å². The first-order valence-corrected chi connectivity index (χ1v) is 8.88. The molecule has 1 saturated heterocycles. The first-order chi connectivity index (χ1) is 11.9. The van der Waals surface area contributed by atoms with Crippen molar-refractivity contribution in [1.82, 2.24) is 15.4 Å². The van der Waals surface area contributed by atoms with Crippen LogP contribution in [0.1, 0.15) is 27.2 Å². The molecule has 0 aliphatic carbocycles. The molecule has 7 nitrogen and oxygen atoms in total. The molecule has 1 aliphatic heterocycles. The zero-order valence-corrected chi connectivity index (χ0v) is 15.3. The highest BCUT2D eigenvalue weighted by Crippen LogP contribution is 2.28. The SMILES string of the molecule is CC(C)(C)C1CC(=Nc2ccnc(Nc3cccc(SN)c3)n2)NO1. The molecule has 1 aromatic heterocycles. The van der Waals surface area contributed by atoms with E-state index in [9.17, 15) is 0 Å². The highest BCUT2D eigenvalue weighted by Gasteiger charge is 2.32. The van der Waals surface area contributed by atoms with Crippen molar-refractivity contribution >= 4 is 35.2 Å². The van der Waals surface area contributed by atoms with E-state index in [2.05, 4.69) is 46.5 Å². The lowest BCUT2D eigenvalue weighted by molar-refractivity contribution is -0.0198. The maximum atomic E-state index is 5.60. The van der Waals surface area contributed by atoms with Gasteiger partial charge in [0.1, 0.15) is 5.84 Å². The van der Waals surface area contributed by atoms with Crippen LogP contribution >= 0.6 is 11.9 Å². The summed E-state index contributed by atoms with van der Waals surface area (Å²) in [4.78, 5) is 19.8. The summed E-state index contributed by atoms with van der Waals surface area (Å²) in [6.45, 7) is 6.42. The second-order valence-corrected chi connectivity index (χ2v) is 7.55. The van der Waals surface area contributed by atoms with E-state index < -0.39 is 0 Å². The lowest BCUT2D eigenvalue weighted by Gasteiger charge is -2.23. The summed E-state index contributed by atoms with van der Waals surface area (Å²) in [6.07, 6.45) is 2.49. The molecule has 0 bridgehead atoms. The number of benzene rings is 1. The first kappa shape index (κ1) is 17.7. The Balaban J connectivity index is 1.72. The zero-order chi connectivity index (χ0) is 17.9. The molecule has 132 valence electrons. The van der Waals surface area contributed by atoms with E-state index in [1.165, 1.54) is 11.9 Å². The second-order valence-electron chi connectivity index (χ2n) is 6.85. The van der Waals surface area contributed by atoms with Crippen LogP contribution in [0.5, 0.6) is 0 Å². The van der Waals surface area contributed by atoms with Crippen molar-refractivity contribution in [2.75, 3.05) is 5.32 Å². The summed E-state index contributed by atoms with van der Waals surface area (Å²) in [5.41, 5.74) is 3.82. The molecule has 2 aromatic rings. The predicted octanol–water partition coefficient (Wildman–Crippen LogP) is 3.56. The molecule has 1 unspecified atom stereocenters. The van der Waals surface area contributed by atoms with E-state index in [-0.39, 0.29) is 11.5 Å². The van der Waals surface area contributed by atoms with E-state index in [1.54, 1.807) is 12.3 Å². The minimum atomic E-state index is 0.0503. The van der Waals surface area contributed by atoms with Crippen LogP contribution in [0.25, 0.3) is 0 Å². The fourth-order valence-electron chi connectivity index (χ4n) is 2.34. The van der Waals surface area contributed by atoms with Crippen molar-refractivity contribution in [2.24, 2.45) is 15.5 Å². The van der Waals surface area contributed by atoms with E-state index in [0.717, 1.165) is 22.8 Å². The number of rotatable bonds is 4. The lowest BCUT2D eigenvalue weighted by Crippen LogP contribution is -2.26. The minimum Gasteiger partial charge on any atom is -0.324 e. The van der Waals surface area contributed by atoms with Gasteiger partial charge in [-0.2, -0.15) is 4.98 Å². The summed E-state index contributed by atoms with van der Waals surface area (Å²) in [5.74, 6) is 1.82. The Morgan fingerprint density at radius 3 is 2.92 bits per heavy atom. The molecule has 0 amide bonds. The van der Waals surface area contributed by atoms with Crippen molar-refractivity contribution in [3.05, 3.63) is 36.5 Å². The van der Waals surface area contributed by atoms with Gasteiger partial charge in [0, 0.05) is 29.3 Å². The standard InChI is InChI=1S/C17H22N6OS/c1-17(2,3)13-10-15(23-24-13)21-14-7-8-19-16(22-14)20-11-5-4-6-12(9-11)25-18/h4-9,13H,10,18H2,1-3H3,(H2,19,20,21,22,23). The van der Waals surface area contributed by atoms with Crippen LogP contribution in [0.15, 0.2) is 46.4 Å². The Morgan fingerprint density at radius 2 is 2.20 bits per heavy atom. The molecule has 0 spiro atoms. The fourth-order valence-corrected chi connectivity index (χ4v) is 2.69. The maximum Gasteiger partial charge on any atom is 0.229 e. The molecule has 0 radical (unpaired) electrons. The number of aromatic nitrogens is 2. The Morgan fingerprint density at radius 1 is 1.36 bits per heavy atom. The fraction of sp³-hybridized carbons (Fsp3) is 0.353. The predicted molar refractivity (Wildman–Crippen MR) is 101 cm³/mol. The summed E-state index contributed by atoms with van der Waals surface area (Å²) in [6, 6.07) is 9.50. The normalized spacial score (nSPS) is 19.0. The summed E-state index contributed by atoms with van der Waals surface area (Å²) in [7, 11) is 0. The van der Waals surface area contributed by atoms with Crippen molar-refractivity contribution in [1.29, 1.82) is 0 Å². The summed E-state index contributed by atoms with van der Waals surface area (Å²) in [5, 5.41) is 8.76. The molecule has 1 aliphatic rings. The second kappa shape index (κ2) is 7.38. The van der Waals surface area contributed by atoms with Gasteiger partial charge in [0.2, 0.25) is 5.95 Å². The number of hydrogen-bond acceptors (Lipinski definition) is 7. The third-order valence-electron chi connectivity index (χ3n) is 3.78.